The Kier molecular flexibility index (Phi) is 2.00. The average Bonchev–Trinajstić information content (AvgIpc) is 2.72. The molecule has 1 saturated carbocycles. The van der Waals surface area contributed by atoms with Gasteiger partial charge in [0.1, 0.15) is 0 Å². The molecule has 0 unspecified atom stereocenters. The summed E-state index contributed by atoms with van der Waals surface area (Å²) >= 11 is 0. The number of hydrogen-bond acceptors (Lipinski definition) is 4. The maximum absolute atomic E-state index is 6.16. The van der Waals surface area contributed by atoms with Crippen LogP contribution in [0.15, 0.2) is 10.6 Å². The van der Waals surface area contributed by atoms with Crippen molar-refractivity contribution < 1.29 is 9.26 Å². The van der Waals surface area contributed by atoms with Crippen molar-refractivity contribution in [1.82, 2.24) is 5.16 Å². The summed E-state index contributed by atoms with van der Waals surface area (Å²) in [5, 5.41) is 3.75. The summed E-state index contributed by atoms with van der Waals surface area (Å²) in [5.74, 6) is 1.26. The minimum atomic E-state index is -0.302. The number of methoxy groups -OCH3 is 1. The lowest BCUT2D eigenvalue weighted by atomic mass is 9.96. The summed E-state index contributed by atoms with van der Waals surface area (Å²) in [4.78, 5) is 0. The van der Waals surface area contributed by atoms with E-state index in [1.165, 1.54) is 12.8 Å². The molecular weight excluding hydrogens is 168 g/mol. The number of nitrogens with two attached hydrogens (primary N) is 1. The monoisotopic (exact) mass is 182 g/mol. The van der Waals surface area contributed by atoms with Crippen molar-refractivity contribution in [2.75, 3.05) is 7.11 Å². The molecule has 0 aliphatic heterocycles. The SMILES string of the molecule is COc1cc(C2(N)CCCC2)on1. The van der Waals surface area contributed by atoms with Gasteiger partial charge in [-0.05, 0) is 18.0 Å². The van der Waals surface area contributed by atoms with E-state index in [-0.39, 0.29) is 5.54 Å². The summed E-state index contributed by atoms with van der Waals surface area (Å²) in [6.07, 6.45) is 4.29. The first kappa shape index (κ1) is 8.56. The molecule has 1 aromatic heterocycles. The van der Waals surface area contributed by atoms with E-state index in [1.807, 2.05) is 0 Å². The van der Waals surface area contributed by atoms with Crippen LogP contribution in [-0.4, -0.2) is 12.3 Å². The lowest BCUT2D eigenvalue weighted by molar-refractivity contribution is 0.279. The van der Waals surface area contributed by atoms with Gasteiger partial charge in [0, 0.05) is 6.07 Å². The maximum atomic E-state index is 6.16. The summed E-state index contributed by atoms with van der Waals surface area (Å²) in [6.45, 7) is 0. The van der Waals surface area contributed by atoms with E-state index in [2.05, 4.69) is 5.16 Å². The van der Waals surface area contributed by atoms with Crippen LogP contribution in [0.4, 0.5) is 0 Å². The molecule has 13 heavy (non-hydrogen) atoms. The zero-order chi connectivity index (χ0) is 9.31. The molecular formula is C9H14N2O2. The molecule has 0 amide bonds. The largest absolute Gasteiger partial charge is 0.479 e. The van der Waals surface area contributed by atoms with Gasteiger partial charge in [-0.2, -0.15) is 0 Å². The highest BCUT2D eigenvalue weighted by Gasteiger charge is 2.35. The minimum Gasteiger partial charge on any atom is -0.479 e. The molecule has 2 N–H and O–H groups in total. The lowest BCUT2D eigenvalue weighted by Gasteiger charge is -2.18. The first-order valence-corrected chi connectivity index (χ1v) is 4.55. The summed E-state index contributed by atoms with van der Waals surface area (Å²) < 4.78 is 10.1. The van der Waals surface area contributed by atoms with Crippen LogP contribution in [0.25, 0.3) is 0 Å². The third-order valence-corrected chi connectivity index (χ3v) is 2.68. The predicted octanol–water partition coefficient (Wildman–Crippen LogP) is 1.41. The van der Waals surface area contributed by atoms with Crippen molar-refractivity contribution in [3.05, 3.63) is 11.8 Å². The minimum absolute atomic E-state index is 0.302. The molecule has 0 atom stereocenters. The fraction of sp³-hybridized carbons (Fsp3) is 0.667. The number of hydrogen-bond donors (Lipinski definition) is 1. The van der Waals surface area contributed by atoms with Crippen LogP contribution in [-0.2, 0) is 5.54 Å². The van der Waals surface area contributed by atoms with E-state index in [4.69, 9.17) is 15.0 Å². The Hall–Kier alpha value is -1.03. The van der Waals surface area contributed by atoms with Gasteiger partial charge >= 0.3 is 0 Å². The Morgan fingerprint density at radius 2 is 2.23 bits per heavy atom. The molecule has 72 valence electrons. The normalized spacial score (nSPS) is 20.5. The van der Waals surface area contributed by atoms with Gasteiger partial charge in [-0.25, -0.2) is 0 Å². The van der Waals surface area contributed by atoms with E-state index >= 15 is 0 Å². The van der Waals surface area contributed by atoms with Crippen LogP contribution in [0.5, 0.6) is 5.88 Å². The van der Waals surface area contributed by atoms with Gasteiger partial charge in [0.25, 0.3) is 5.88 Å². The average molecular weight is 182 g/mol. The Morgan fingerprint density at radius 1 is 1.54 bits per heavy atom. The second-order valence-corrected chi connectivity index (χ2v) is 3.60. The van der Waals surface area contributed by atoms with Crippen molar-refractivity contribution in [3.63, 3.8) is 0 Å². The van der Waals surface area contributed by atoms with Gasteiger partial charge in [0.05, 0.1) is 12.6 Å². The molecule has 1 aromatic rings. The highest BCUT2D eigenvalue weighted by molar-refractivity contribution is 5.19. The third kappa shape index (κ3) is 1.42. The molecule has 0 saturated heterocycles. The van der Waals surface area contributed by atoms with Crippen LogP contribution < -0.4 is 10.5 Å². The molecule has 2 rings (SSSR count). The molecule has 1 aliphatic carbocycles. The van der Waals surface area contributed by atoms with Crippen LogP contribution in [0, 0.1) is 0 Å². The Balaban J connectivity index is 2.23. The van der Waals surface area contributed by atoms with E-state index in [1.54, 1.807) is 13.2 Å². The van der Waals surface area contributed by atoms with Gasteiger partial charge in [-0.1, -0.05) is 12.8 Å². The van der Waals surface area contributed by atoms with Gasteiger partial charge < -0.3 is 15.0 Å². The Labute approximate surface area is 77.0 Å². The molecule has 0 spiro atoms. The molecule has 0 radical (unpaired) electrons. The molecule has 4 nitrogen and oxygen atoms in total. The second-order valence-electron chi connectivity index (χ2n) is 3.60. The predicted molar refractivity (Wildman–Crippen MR) is 47.4 cm³/mol. The smallest absolute Gasteiger partial charge is 0.254 e. The van der Waals surface area contributed by atoms with Gasteiger partial charge in [-0.3, -0.25) is 0 Å². The number of nitrogens with zero attached hydrogens (tertiary/aromatic N) is 1. The number of ether oxygens (including phenoxy) is 1. The third-order valence-electron chi connectivity index (χ3n) is 2.68. The lowest BCUT2D eigenvalue weighted by Crippen LogP contribution is -2.32. The van der Waals surface area contributed by atoms with Gasteiger partial charge in [0.15, 0.2) is 5.76 Å². The van der Waals surface area contributed by atoms with E-state index in [0.717, 1.165) is 18.6 Å². The van der Waals surface area contributed by atoms with Crippen molar-refractivity contribution >= 4 is 0 Å². The highest BCUT2D eigenvalue weighted by Crippen LogP contribution is 2.37. The summed E-state index contributed by atoms with van der Waals surface area (Å²) in [7, 11) is 1.57. The second kappa shape index (κ2) is 3.03. The fourth-order valence-corrected chi connectivity index (χ4v) is 1.84. The van der Waals surface area contributed by atoms with Crippen LogP contribution in [0.2, 0.25) is 0 Å². The van der Waals surface area contributed by atoms with E-state index in [9.17, 15) is 0 Å². The summed E-state index contributed by atoms with van der Waals surface area (Å²) in [6, 6.07) is 1.78. The van der Waals surface area contributed by atoms with Crippen LogP contribution in [0.3, 0.4) is 0 Å². The zero-order valence-corrected chi connectivity index (χ0v) is 7.75. The molecule has 0 bridgehead atoms. The molecule has 0 aromatic carbocycles. The van der Waals surface area contributed by atoms with Crippen molar-refractivity contribution in [3.8, 4) is 5.88 Å². The molecule has 4 heteroatoms. The standard InChI is InChI=1S/C9H14N2O2/c1-12-8-6-7(13-11-8)9(10)4-2-3-5-9/h6H,2-5,10H2,1H3. The fourth-order valence-electron chi connectivity index (χ4n) is 1.84. The molecule has 1 heterocycles. The van der Waals surface area contributed by atoms with Crippen molar-refractivity contribution in [1.29, 1.82) is 0 Å². The Bertz CT molecular complexity index is 290. The van der Waals surface area contributed by atoms with Crippen LogP contribution in [0.1, 0.15) is 31.4 Å². The van der Waals surface area contributed by atoms with Crippen LogP contribution >= 0.6 is 0 Å². The first-order valence-electron chi connectivity index (χ1n) is 4.55. The Morgan fingerprint density at radius 3 is 2.77 bits per heavy atom. The number of rotatable bonds is 2. The quantitative estimate of drug-likeness (QED) is 0.751. The van der Waals surface area contributed by atoms with Crippen molar-refractivity contribution in [2.45, 2.75) is 31.2 Å². The zero-order valence-electron chi connectivity index (χ0n) is 7.75. The van der Waals surface area contributed by atoms with Gasteiger partial charge in [0.2, 0.25) is 0 Å². The first-order chi connectivity index (χ1) is 6.24. The summed E-state index contributed by atoms with van der Waals surface area (Å²) in [5.41, 5.74) is 5.86. The molecule has 1 fully saturated rings. The van der Waals surface area contributed by atoms with Gasteiger partial charge in [-0.15, -0.1) is 0 Å². The van der Waals surface area contributed by atoms with E-state index in [0.29, 0.717) is 5.88 Å². The van der Waals surface area contributed by atoms with Crippen molar-refractivity contribution in [2.24, 2.45) is 5.73 Å². The highest BCUT2D eigenvalue weighted by atomic mass is 16.5. The topological polar surface area (TPSA) is 61.3 Å². The molecule has 1 aliphatic rings. The van der Waals surface area contributed by atoms with E-state index < -0.39 is 0 Å². The number of aromatic nitrogens is 1. The maximum Gasteiger partial charge on any atom is 0.254 e.